The molecule has 1 fully saturated rings. The van der Waals surface area contributed by atoms with Crippen LogP contribution in [-0.2, 0) is 4.79 Å². The summed E-state index contributed by atoms with van der Waals surface area (Å²) in [7, 11) is 0. The number of nitrogens with two attached hydrogens (primary N) is 1. The number of rotatable bonds is 3. The van der Waals surface area contributed by atoms with Crippen molar-refractivity contribution in [2.24, 2.45) is 11.1 Å². The van der Waals surface area contributed by atoms with Crippen molar-refractivity contribution in [3.63, 3.8) is 0 Å². The lowest BCUT2D eigenvalue weighted by atomic mass is 9.84. The zero-order valence-electron chi connectivity index (χ0n) is 12.1. The lowest BCUT2D eigenvalue weighted by molar-refractivity contribution is -0.131. The molecule has 0 bridgehead atoms. The van der Waals surface area contributed by atoms with E-state index in [4.69, 9.17) is 5.73 Å². The number of carbonyl (C=O) groups is 1. The van der Waals surface area contributed by atoms with Crippen LogP contribution in [0.15, 0.2) is 24.3 Å². The Labute approximate surface area is 115 Å². The van der Waals surface area contributed by atoms with Crippen molar-refractivity contribution in [2.75, 3.05) is 0 Å². The van der Waals surface area contributed by atoms with E-state index in [0.717, 1.165) is 24.8 Å². The molecule has 0 saturated heterocycles. The predicted molar refractivity (Wildman–Crippen MR) is 77.7 cm³/mol. The quantitative estimate of drug-likeness (QED) is 0.878. The SMILES string of the molecule is Cc1ccc([C@H](C)NC(=O)C2(C)CCCC2N)cc1. The van der Waals surface area contributed by atoms with Crippen LogP contribution < -0.4 is 11.1 Å². The molecule has 1 aromatic rings. The summed E-state index contributed by atoms with van der Waals surface area (Å²) in [6, 6.07) is 8.28. The summed E-state index contributed by atoms with van der Waals surface area (Å²) >= 11 is 0. The number of hydrogen-bond donors (Lipinski definition) is 2. The molecule has 19 heavy (non-hydrogen) atoms. The number of carbonyl (C=O) groups excluding carboxylic acids is 1. The monoisotopic (exact) mass is 260 g/mol. The second-order valence-electron chi connectivity index (χ2n) is 6.02. The first-order valence-electron chi connectivity index (χ1n) is 7.06. The van der Waals surface area contributed by atoms with Crippen LogP contribution in [0.1, 0.15) is 50.3 Å². The van der Waals surface area contributed by atoms with E-state index in [1.165, 1.54) is 5.56 Å². The molecule has 0 heterocycles. The van der Waals surface area contributed by atoms with Crippen molar-refractivity contribution in [2.45, 2.75) is 52.1 Å². The van der Waals surface area contributed by atoms with Gasteiger partial charge < -0.3 is 11.1 Å². The van der Waals surface area contributed by atoms with E-state index < -0.39 is 5.41 Å². The van der Waals surface area contributed by atoms with Gasteiger partial charge in [0.05, 0.1) is 11.5 Å². The largest absolute Gasteiger partial charge is 0.349 e. The maximum Gasteiger partial charge on any atom is 0.227 e. The molecule has 0 aliphatic heterocycles. The zero-order chi connectivity index (χ0) is 14.0. The molecule has 1 aliphatic rings. The van der Waals surface area contributed by atoms with Gasteiger partial charge in [0.1, 0.15) is 0 Å². The van der Waals surface area contributed by atoms with Gasteiger partial charge in [0.2, 0.25) is 5.91 Å². The first-order chi connectivity index (χ1) is 8.93. The smallest absolute Gasteiger partial charge is 0.227 e. The summed E-state index contributed by atoms with van der Waals surface area (Å²) < 4.78 is 0. The molecule has 1 saturated carbocycles. The summed E-state index contributed by atoms with van der Waals surface area (Å²) in [5.41, 5.74) is 8.05. The minimum atomic E-state index is -0.404. The van der Waals surface area contributed by atoms with Crippen LogP contribution in [0.5, 0.6) is 0 Å². The summed E-state index contributed by atoms with van der Waals surface area (Å²) in [6.07, 6.45) is 2.88. The van der Waals surface area contributed by atoms with Gasteiger partial charge in [-0.3, -0.25) is 4.79 Å². The standard InChI is InChI=1S/C16H24N2O/c1-11-6-8-13(9-7-11)12(2)18-15(19)16(3)10-4-5-14(16)17/h6-9,12,14H,4-5,10,17H2,1-3H3,(H,18,19)/t12-,14?,16?/m0/s1. The predicted octanol–water partition coefficient (Wildman–Crippen LogP) is 2.69. The lowest BCUT2D eigenvalue weighted by Gasteiger charge is -2.29. The van der Waals surface area contributed by atoms with Crippen molar-refractivity contribution in [1.82, 2.24) is 5.32 Å². The third kappa shape index (κ3) is 2.81. The van der Waals surface area contributed by atoms with E-state index >= 15 is 0 Å². The van der Waals surface area contributed by atoms with Crippen molar-refractivity contribution in [1.29, 1.82) is 0 Å². The van der Waals surface area contributed by atoms with Gasteiger partial charge in [-0.15, -0.1) is 0 Å². The van der Waals surface area contributed by atoms with Gasteiger partial charge in [0.25, 0.3) is 0 Å². The number of hydrogen-bond acceptors (Lipinski definition) is 2. The summed E-state index contributed by atoms with van der Waals surface area (Å²) in [4.78, 5) is 12.4. The van der Waals surface area contributed by atoms with Gasteiger partial charge in [-0.25, -0.2) is 0 Å². The number of aryl methyl sites for hydroxylation is 1. The van der Waals surface area contributed by atoms with Gasteiger partial charge in [-0.2, -0.15) is 0 Å². The van der Waals surface area contributed by atoms with Gasteiger partial charge in [-0.1, -0.05) is 36.2 Å². The van der Waals surface area contributed by atoms with Crippen LogP contribution in [0, 0.1) is 12.3 Å². The van der Waals surface area contributed by atoms with Crippen LogP contribution >= 0.6 is 0 Å². The van der Waals surface area contributed by atoms with Crippen molar-refractivity contribution in [3.8, 4) is 0 Å². The summed E-state index contributed by atoms with van der Waals surface area (Å²) in [5, 5.41) is 3.11. The first-order valence-corrected chi connectivity index (χ1v) is 7.06. The third-order valence-corrected chi connectivity index (χ3v) is 4.47. The number of benzene rings is 1. The van der Waals surface area contributed by atoms with E-state index in [1.54, 1.807) is 0 Å². The van der Waals surface area contributed by atoms with E-state index in [9.17, 15) is 4.79 Å². The molecule has 1 aliphatic carbocycles. The molecule has 3 heteroatoms. The highest BCUT2D eigenvalue weighted by atomic mass is 16.2. The molecule has 1 amide bonds. The highest BCUT2D eigenvalue weighted by molar-refractivity contribution is 5.83. The van der Waals surface area contributed by atoms with Crippen LogP contribution in [0.2, 0.25) is 0 Å². The fourth-order valence-electron chi connectivity index (χ4n) is 2.78. The first kappa shape index (κ1) is 14.1. The molecule has 2 unspecified atom stereocenters. The Morgan fingerprint density at radius 3 is 2.58 bits per heavy atom. The Hall–Kier alpha value is -1.35. The maximum atomic E-state index is 12.4. The molecule has 3 atom stereocenters. The average molecular weight is 260 g/mol. The fourth-order valence-corrected chi connectivity index (χ4v) is 2.78. The van der Waals surface area contributed by atoms with Crippen LogP contribution in [-0.4, -0.2) is 11.9 Å². The average Bonchev–Trinajstić information content (AvgIpc) is 2.71. The van der Waals surface area contributed by atoms with Gasteiger partial charge in [-0.05, 0) is 39.2 Å². The summed E-state index contributed by atoms with van der Waals surface area (Å²) in [6.45, 7) is 6.07. The lowest BCUT2D eigenvalue weighted by Crippen LogP contribution is -2.47. The van der Waals surface area contributed by atoms with E-state index in [0.29, 0.717) is 0 Å². The molecular weight excluding hydrogens is 236 g/mol. The Kier molecular flexibility index (Phi) is 3.95. The van der Waals surface area contributed by atoms with Crippen LogP contribution in [0.25, 0.3) is 0 Å². The molecule has 0 spiro atoms. The molecule has 3 N–H and O–H groups in total. The maximum absolute atomic E-state index is 12.4. The molecule has 104 valence electrons. The number of nitrogens with one attached hydrogen (secondary N) is 1. The second-order valence-corrected chi connectivity index (χ2v) is 6.02. The molecule has 2 rings (SSSR count). The zero-order valence-corrected chi connectivity index (χ0v) is 12.1. The van der Waals surface area contributed by atoms with Gasteiger partial charge in [0.15, 0.2) is 0 Å². The van der Waals surface area contributed by atoms with Gasteiger partial charge in [0, 0.05) is 6.04 Å². The Balaban J connectivity index is 2.04. The van der Waals surface area contributed by atoms with Crippen molar-refractivity contribution >= 4 is 5.91 Å². The fraction of sp³-hybridized carbons (Fsp3) is 0.562. The van der Waals surface area contributed by atoms with E-state index in [1.807, 2.05) is 13.8 Å². The highest BCUT2D eigenvalue weighted by Gasteiger charge is 2.43. The molecule has 3 nitrogen and oxygen atoms in total. The topological polar surface area (TPSA) is 55.1 Å². The Morgan fingerprint density at radius 2 is 2.05 bits per heavy atom. The molecule has 0 radical (unpaired) electrons. The third-order valence-electron chi connectivity index (χ3n) is 4.47. The normalized spacial score (nSPS) is 28.1. The minimum absolute atomic E-state index is 0.0160. The van der Waals surface area contributed by atoms with E-state index in [-0.39, 0.29) is 18.0 Å². The second kappa shape index (κ2) is 5.33. The highest BCUT2D eigenvalue weighted by Crippen LogP contribution is 2.37. The molecular formula is C16H24N2O. The molecule has 1 aromatic carbocycles. The Bertz CT molecular complexity index is 454. The molecule has 0 aromatic heterocycles. The van der Waals surface area contributed by atoms with Crippen molar-refractivity contribution < 1.29 is 4.79 Å². The van der Waals surface area contributed by atoms with Crippen LogP contribution in [0.4, 0.5) is 0 Å². The summed E-state index contributed by atoms with van der Waals surface area (Å²) in [5.74, 6) is 0.0885. The number of amides is 1. The van der Waals surface area contributed by atoms with Gasteiger partial charge >= 0.3 is 0 Å². The van der Waals surface area contributed by atoms with Crippen LogP contribution in [0.3, 0.4) is 0 Å². The minimum Gasteiger partial charge on any atom is -0.349 e. The van der Waals surface area contributed by atoms with E-state index in [2.05, 4.69) is 36.5 Å². The van der Waals surface area contributed by atoms with Crippen molar-refractivity contribution in [3.05, 3.63) is 35.4 Å². The Morgan fingerprint density at radius 1 is 1.42 bits per heavy atom.